The molecule has 2 amide bonds. The number of rotatable bonds is 2. The van der Waals surface area contributed by atoms with Gasteiger partial charge in [0.1, 0.15) is 6.07 Å². The molecule has 0 unspecified atom stereocenters. The van der Waals surface area contributed by atoms with E-state index in [0.29, 0.717) is 42.2 Å². The Kier molecular flexibility index (Phi) is 6.12. The number of amides is 2. The summed E-state index contributed by atoms with van der Waals surface area (Å²) in [6.45, 7) is 2.76. The molecule has 1 aromatic rings. The summed E-state index contributed by atoms with van der Waals surface area (Å²) in [5.41, 5.74) is 2.31. The van der Waals surface area contributed by atoms with Crippen LogP contribution in [0.25, 0.3) is 5.57 Å². The largest absolute Gasteiger partial charge is 0.381 e. The van der Waals surface area contributed by atoms with Crippen LogP contribution in [0.2, 0.25) is 5.02 Å². The van der Waals surface area contributed by atoms with Gasteiger partial charge >= 0.3 is 6.03 Å². The molecule has 3 heterocycles. The van der Waals surface area contributed by atoms with Crippen molar-refractivity contribution in [2.24, 2.45) is 0 Å². The molecule has 0 radical (unpaired) electrons. The van der Waals surface area contributed by atoms with Crippen molar-refractivity contribution in [2.75, 3.05) is 33.3 Å². The SMILES string of the molecule is COC1CCN(C(=O)N2CCC(=C(C#N)c3ccc(Cl)cn3)CC2)CC1. The summed E-state index contributed by atoms with van der Waals surface area (Å²) in [5, 5.41) is 10.1. The molecule has 138 valence electrons. The highest BCUT2D eigenvalue weighted by atomic mass is 35.5. The molecule has 26 heavy (non-hydrogen) atoms. The number of methoxy groups -OCH3 is 1. The minimum absolute atomic E-state index is 0.0988. The second kappa shape index (κ2) is 8.52. The highest BCUT2D eigenvalue weighted by molar-refractivity contribution is 6.30. The van der Waals surface area contributed by atoms with E-state index in [2.05, 4.69) is 11.1 Å². The minimum Gasteiger partial charge on any atom is -0.381 e. The summed E-state index contributed by atoms with van der Waals surface area (Å²) in [6.07, 6.45) is 5.00. The van der Waals surface area contributed by atoms with E-state index in [1.165, 1.54) is 0 Å². The van der Waals surface area contributed by atoms with E-state index in [1.54, 1.807) is 25.4 Å². The number of hydrogen-bond donors (Lipinski definition) is 0. The third kappa shape index (κ3) is 4.17. The van der Waals surface area contributed by atoms with Crippen molar-refractivity contribution in [1.29, 1.82) is 5.26 Å². The van der Waals surface area contributed by atoms with E-state index in [-0.39, 0.29) is 12.1 Å². The van der Waals surface area contributed by atoms with Crippen LogP contribution in [-0.4, -0.2) is 60.2 Å². The molecule has 2 aliphatic heterocycles. The summed E-state index contributed by atoms with van der Waals surface area (Å²) in [4.78, 5) is 20.8. The first kappa shape index (κ1) is 18.7. The number of aromatic nitrogens is 1. The predicted molar refractivity (Wildman–Crippen MR) is 99.6 cm³/mol. The summed E-state index contributed by atoms with van der Waals surface area (Å²) in [7, 11) is 1.73. The molecular weight excluding hydrogens is 352 g/mol. The first-order valence-electron chi connectivity index (χ1n) is 8.93. The number of nitrogens with zero attached hydrogens (tertiary/aromatic N) is 4. The van der Waals surface area contributed by atoms with Crippen LogP contribution in [0.5, 0.6) is 0 Å². The fraction of sp³-hybridized carbons (Fsp3) is 0.526. The predicted octanol–water partition coefficient (Wildman–Crippen LogP) is 3.34. The van der Waals surface area contributed by atoms with Gasteiger partial charge in [-0.05, 0) is 43.4 Å². The monoisotopic (exact) mass is 374 g/mol. The van der Waals surface area contributed by atoms with Crippen molar-refractivity contribution in [3.63, 3.8) is 0 Å². The molecule has 0 bridgehead atoms. The van der Waals surface area contributed by atoms with Crippen molar-refractivity contribution in [3.8, 4) is 6.07 Å². The first-order chi connectivity index (χ1) is 12.6. The van der Waals surface area contributed by atoms with E-state index < -0.39 is 0 Å². The highest BCUT2D eigenvalue weighted by Gasteiger charge is 2.28. The van der Waals surface area contributed by atoms with Gasteiger partial charge in [0.25, 0.3) is 0 Å². The molecule has 0 N–H and O–H groups in total. The Morgan fingerprint density at radius 1 is 1.23 bits per heavy atom. The molecule has 0 spiro atoms. The molecule has 0 saturated carbocycles. The maximum absolute atomic E-state index is 12.7. The molecule has 0 atom stereocenters. The van der Waals surface area contributed by atoms with Gasteiger partial charge in [-0.25, -0.2) is 4.79 Å². The number of pyridine rings is 1. The molecular formula is C19H23ClN4O2. The zero-order chi connectivity index (χ0) is 18.5. The number of allylic oxidation sites excluding steroid dienone is 1. The van der Waals surface area contributed by atoms with Gasteiger partial charge in [0.05, 0.1) is 22.4 Å². The van der Waals surface area contributed by atoms with Crippen LogP contribution in [0.1, 0.15) is 31.4 Å². The number of nitriles is 1. The van der Waals surface area contributed by atoms with Gasteiger partial charge in [0.15, 0.2) is 0 Å². The summed E-state index contributed by atoms with van der Waals surface area (Å²) in [6, 6.07) is 5.88. The Morgan fingerprint density at radius 2 is 1.88 bits per heavy atom. The Labute approximate surface area is 159 Å². The topological polar surface area (TPSA) is 69.5 Å². The van der Waals surface area contributed by atoms with Crippen LogP contribution in [0.3, 0.4) is 0 Å². The van der Waals surface area contributed by atoms with Gasteiger partial charge in [-0.1, -0.05) is 11.6 Å². The van der Waals surface area contributed by atoms with E-state index in [4.69, 9.17) is 16.3 Å². The maximum atomic E-state index is 12.7. The van der Waals surface area contributed by atoms with Gasteiger partial charge in [-0.2, -0.15) is 5.26 Å². The molecule has 0 aliphatic carbocycles. The van der Waals surface area contributed by atoms with Crippen LogP contribution in [0.15, 0.2) is 23.9 Å². The second-order valence-corrected chi connectivity index (χ2v) is 7.08. The summed E-state index contributed by atoms with van der Waals surface area (Å²) >= 11 is 5.87. The first-order valence-corrected chi connectivity index (χ1v) is 9.31. The molecule has 6 nitrogen and oxygen atoms in total. The zero-order valence-electron chi connectivity index (χ0n) is 14.9. The van der Waals surface area contributed by atoms with Crippen molar-refractivity contribution in [2.45, 2.75) is 31.8 Å². The number of urea groups is 1. The van der Waals surface area contributed by atoms with Gasteiger partial charge in [0.2, 0.25) is 0 Å². The van der Waals surface area contributed by atoms with Gasteiger partial charge in [0, 0.05) is 39.5 Å². The normalized spacial score (nSPS) is 18.6. The van der Waals surface area contributed by atoms with Crippen LogP contribution in [-0.2, 0) is 4.74 Å². The average Bonchev–Trinajstić information content (AvgIpc) is 2.70. The number of ether oxygens (including phenoxy) is 1. The van der Waals surface area contributed by atoms with Gasteiger partial charge in [-0.15, -0.1) is 0 Å². The van der Waals surface area contributed by atoms with Crippen LogP contribution in [0, 0.1) is 11.3 Å². The smallest absolute Gasteiger partial charge is 0.320 e. The molecule has 2 fully saturated rings. The molecule has 2 aliphatic rings. The minimum atomic E-state index is 0.0988. The third-order valence-electron chi connectivity index (χ3n) is 5.13. The van der Waals surface area contributed by atoms with Crippen LogP contribution in [0.4, 0.5) is 4.79 Å². The fourth-order valence-electron chi connectivity index (χ4n) is 3.54. The number of carbonyl (C=O) groups excluding carboxylic acids is 1. The van der Waals surface area contributed by atoms with Gasteiger partial charge < -0.3 is 14.5 Å². The standard InChI is InChI=1S/C19H23ClN4O2/c1-26-16-6-10-24(11-7-16)19(25)23-8-4-14(5-9-23)17(12-21)18-3-2-15(20)13-22-18/h2-3,13,16H,4-11H2,1H3. The second-order valence-electron chi connectivity index (χ2n) is 6.64. The quantitative estimate of drug-likeness (QED) is 0.744. The molecule has 3 rings (SSSR count). The number of halogens is 1. The van der Waals surface area contributed by atoms with Crippen LogP contribution >= 0.6 is 11.6 Å². The third-order valence-corrected chi connectivity index (χ3v) is 5.36. The van der Waals surface area contributed by atoms with Gasteiger partial charge in [-0.3, -0.25) is 4.98 Å². The van der Waals surface area contributed by atoms with Crippen molar-refractivity contribution < 1.29 is 9.53 Å². The molecule has 2 saturated heterocycles. The highest BCUT2D eigenvalue weighted by Crippen LogP contribution is 2.27. The molecule has 0 aromatic carbocycles. The Morgan fingerprint density at radius 3 is 2.42 bits per heavy atom. The Hall–Kier alpha value is -2.10. The number of carbonyl (C=O) groups is 1. The van der Waals surface area contributed by atoms with Crippen molar-refractivity contribution in [1.82, 2.24) is 14.8 Å². The Balaban J connectivity index is 1.62. The lowest BCUT2D eigenvalue weighted by atomic mass is 9.96. The summed E-state index contributed by atoms with van der Waals surface area (Å²) < 4.78 is 5.36. The maximum Gasteiger partial charge on any atom is 0.320 e. The van der Waals surface area contributed by atoms with E-state index in [0.717, 1.165) is 31.5 Å². The van der Waals surface area contributed by atoms with E-state index in [1.807, 2.05) is 9.80 Å². The van der Waals surface area contributed by atoms with E-state index in [9.17, 15) is 10.1 Å². The average molecular weight is 375 g/mol. The number of hydrogen-bond acceptors (Lipinski definition) is 4. The lowest BCUT2D eigenvalue weighted by Gasteiger charge is -2.37. The van der Waals surface area contributed by atoms with Crippen molar-refractivity contribution >= 4 is 23.2 Å². The molecule has 7 heteroatoms. The summed E-state index contributed by atoms with van der Waals surface area (Å²) in [5.74, 6) is 0. The molecule has 1 aromatic heterocycles. The zero-order valence-corrected chi connectivity index (χ0v) is 15.7. The lowest BCUT2D eigenvalue weighted by molar-refractivity contribution is 0.0441. The van der Waals surface area contributed by atoms with Crippen LogP contribution < -0.4 is 0 Å². The Bertz CT molecular complexity index is 708. The lowest BCUT2D eigenvalue weighted by Crippen LogP contribution is -2.49. The number of piperidine rings is 2. The fourth-order valence-corrected chi connectivity index (χ4v) is 3.65. The van der Waals surface area contributed by atoms with Crippen molar-refractivity contribution in [3.05, 3.63) is 34.6 Å². The number of likely N-dealkylation sites (tertiary alicyclic amines) is 2. The van der Waals surface area contributed by atoms with E-state index >= 15 is 0 Å².